The molecule has 0 aliphatic carbocycles. The number of aromatic nitrogens is 1. The molecule has 3 rings (SSSR count). The van der Waals surface area contributed by atoms with E-state index in [4.69, 9.17) is 5.84 Å². The van der Waals surface area contributed by atoms with Gasteiger partial charge in [-0.05, 0) is 18.2 Å². The van der Waals surface area contributed by atoms with Crippen molar-refractivity contribution in [2.24, 2.45) is 5.84 Å². The molecule has 15 nitrogen and oxygen atoms in total. The predicted octanol–water partition coefficient (Wildman–Crippen LogP) is -3.53. The Bertz CT molecular complexity index is 853. The Balaban J connectivity index is 1.46. The zero-order valence-corrected chi connectivity index (χ0v) is 14.0. The molecule has 1 heterocycles. The summed E-state index contributed by atoms with van der Waals surface area (Å²) >= 11 is 0. The van der Waals surface area contributed by atoms with Gasteiger partial charge < -0.3 is 5.11 Å². The van der Waals surface area contributed by atoms with Gasteiger partial charge in [-0.3, -0.25) is 5.84 Å². The average molecular weight is 378 g/mol. The van der Waals surface area contributed by atoms with Crippen molar-refractivity contribution in [2.45, 2.75) is 0 Å². The first kappa shape index (κ1) is 19.1. The number of para-hydroxylation sites is 1. The van der Waals surface area contributed by atoms with Crippen molar-refractivity contribution in [2.75, 3.05) is 5.53 Å². The maximum Gasteiger partial charge on any atom is 0.125 e. The number of aromatic hydroxyl groups is 1. The van der Waals surface area contributed by atoms with Gasteiger partial charge in [0.25, 0.3) is 0 Å². The highest BCUT2D eigenvalue weighted by molar-refractivity contribution is 6.11. The van der Waals surface area contributed by atoms with Gasteiger partial charge >= 0.3 is 0 Å². The van der Waals surface area contributed by atoms with Gasteiger partial charge in [0, 0.05) is 5.39 Å². The smallest absolute Gasteiger partial charge is 0.125 e. The summed E-state index contributed by atoms with van der Waals surface area (Å²) in [5, 5.41) is 11.9. The number of hydrazine groups is 12. The lowest BCUT2D eigenvalue weighted by Crippen LogP contribution is -2.66. The molecule has 146 valence electrons. The predicted molar refractivity (Wildman–Crippen MR) is 99.1 cm³/mol. The van der Waals surface area contributed by atoms with E-state index in [9.17, 15) is 5.11 Å². The number of nitrogens with one attached hydrogen (secondary N) is 12. The molecule has 0 amide bonds. The molecule has 2 aromatic carbocycles. The third kappa shape index (κ3) is 4.75. The largest absolute Gasteiger partial charge is 0.507 e. The number of nitrogens with zero attached hydrogens (tertiary/aromatic N) is 1. The van der Waals surface area contributed by atoms with Crippen LogP contribution in [0.25, 0.3) is 21.8 Å². The number of nitrogens with two attached hydrogens (primary N) is 1. The van der Waals surface area contributed by atoms with Gasteiger partial charge in [-0.2, -0.15) is 55.3 Å². The van der Waals surface area contributed by atoms with E-state index in [1.54, 1.807) is 16.8 Å². The second kappa shape index (κ2) is 9.89. The highest BCUT2D eigenvalue weighted by atomic mass is 16.3. The SMILES string of the molecule is NNNNNNNNNNNNNn1c2ccccc2c2c(O)cccc21. The quantitative estimate of drug-likeness (QED) is 0.0841. The fraction of sp³-hybridized carbons (Fsp3) is 0. The van der Waals surface area contributed by atoms with Crippen LogP contribution in [-0.4, -0.2) is 9.78 Å². The normalized spacial score (nSPS) is 11.4. The van der Waals surface area contributed by atoms with E-state index in [-0.39, 0.29) is 5.75 Å². The lowest BCUT2D eigenvalue weighted by molar-refractivity contribution is 0.226. The zero-order chi connectivity index (χ0) is 18.9. The maximum atomic E-state index is 10.2. The second-order valence-electron chi connectivity index (χ2n) is 5.03. The Morgan fingerprint density at radius 1 is 0.667 bits per heavy atom. The summed E-state index contributed by atoms with van der Waals surface area (Å²) in [4.78, 5) is 0. The number of rotatable bonds is 12. The minimum absolute atomic E-state index is 0.223. The Morgan fingerprint density at radius 2 is 1.26 bits per heavy atom. The van der Waals surface area contributed by atoms with E-state index >= 15 is 0 Å². The molecule has 0 radical (unpaired) electrons. The van der Waals surface area contributed by atoms with Crippen molar-refractivity contribution >= 4 is 21.8 Å². The van der Waals surface area contributed by atoms with Crippen LogP contribution in [0.4, 0.5) is 0 Å². The van der Waals surface area contributed by atoms with Crippen molar-refractivity contribution < 1.29 is 5.11 Å². The monoisotopic (exact) mass is 378 g/mol. The molecule has 0 unspecified atom stereocenters. The molecular formula is C12H22N14O. The van der Waals surface area contributed by atoms with Crippen LogP contribution in [0.3, 0.4) is 0 Å². The Kier molecular flexibility index (Phi) is 7.01. The molecule has 27 heavy (non-hydrogen) atoms. The van der Waals surface area contributed by atoms with Crippen molar-refractivity contribution in [3.63, 3.8) is 0 Å². The number of benzene rings is 2. The molecule has 3 aromatic rings. The van der Waals surface area contributed by atoms with Crippen LogP contribution in [0.5, 0.6) is 5.75 Å². The first-order valence-corrected chi connectivity index (χ1v) is 7.75. The summed E-state index contributed by atoms with van der Waals surface area (Å²) in [5.41, 5.74) is 32.3. The summed E-state index contributed by atoms with van der Waals surface area (Å²) < 4.78 is 1.81. The molecule has 0 atom stereocenters. The zero-order valence-electron chi connectivity index (χ0n) is 14.0. The third-order valence-corrected chi connectivity index (χ3v) is 3.48. The van der Waals surface area contributed by atoms with E-state index in [1.807, 2.05) is 30.3 Å². The molecule has 15 N–H and O–H groups in total. The van der Waals surface area contributed by atoms with Crippen molar-refractivity contribution in [3.8, 4) is 5.75 Å². The van der Waals surface area contributed by atoms with Crippen LogP contribution >= 0.6 is 0 Å². The Morgan fingerprint density at radius 3 is 1.96 bits per heavy atom. The van der Waals surface area contributed by atoms with Crippen LogP contribution < -0.4 is 72.3 Å². The van der Waals surface area contributed by atoms with E-state index in [1.165, 1.54) is 0 Å². The van der Waals surface area contributed by atoms with Gasteiger partial charge in [0.1, 0.15) is 5.75 Å². The summed E-state index contributed by atoms with van der Waals surface area (Å²) in [6.07, 6.45) is 0. The molecule has 0 saturated heterocycles. The van der Waals surface area contributed by atoms with E-state index in [0.717, 1.165) is 21.8 Å². The molecule has 0 bridgehead atoms. The number of hydrogen-bond donors (Lipinski definition) is 14. The van der Waals surface area contributed by atoms with Crippen molar-refractivity contribution in [3.05, 3.63) is 42.5 Å². The van der Waals surface area contributed by atoms with E-state index in [0.29, 0.717) is 0 Å². The first-order chi connectivity index (χ1) is 13.3. The first-order valence-electron chi connectivity index (χ1n) is 7.75. The number of phenolic OH excluding ortho intramolecular Hbond substituents is 1. The van der Waals surface area contributed by atoms with E-state index < -0.39 is 0 Å². The molecular weight excluding hydrogens is 356 g/mol. The Labute approximate surface area is 153 Å². The van der Waals surface area contributed by atoms with E-state index in [2.05, 4.69) is 66.4 Å². The minimum Gasteiger partial charge on any atom is -0.507 e. The van der Waals surface area contributed by atoms with Crippen molar-refractivity contribution in [1.82, 2.24) is 65.6 Å². The molecule has 0 saturated carbocycles. The van der Waals surface area contributed by atoms with Gasteiger partial charge in [0.2, 0.25) is 0 Å². The second-order valence-corrected chi connectivity index (χ2v) is 5.03. The average Bonchev–Trinajstić information content (AvgIpc) is 3.01. The molecule has 0 fully saturated rings. The highest BCUT2D eigenvalue weighted by Gasteiger charge is 2.12. The lowest BCUT2D eigenvalue weighted by atomic mass is 10.1. The molecule has 0 spiro atoms. The fourth-order valence-electron chi connectivity index (χ4n) is 2.49. The number of phenols is 1. The van der Waals surface area contributed by atoms with Gasteiger partial charge in [0.15, 0.2) is 0 Å². The van der Waals surface area contributed by atoms with Gasteiger partial charge in [-0.1, -0.05) is 24.3 Å². The number of fused-ring (bicyclic) bond motifs is 3. The lowest BCUT2D eigenvalue weighted by Gasteiger charge is -2.15. The minimum atomic E-state index is 0.223. The standard InChI is InChI=1S/C12H22N14O/c13-14-15-16-17-18-19-20-21-22-23-24-25-26-9-5-2-1-4-8(9)12-10(26)6-3-7-11(12)27/h1-7,14-25,27H,13H2. The summed E-state index contributed by atoms with van der Waals surface area (Å²) in [6.45, 7) is 0. The van der Waals surface area contributed by atoms with Crippen LogP contribution in [0.1, 0.15) is 0 Å². The highest BCUT2D eigenvalue weighted by Crippen LogP contribution is 2.33. The van der Waals surface area contributed by atoms with Gasteiger partial charge in [0.05, 0.1) is 16.4 Å². The topological polar surface area (TPSA) is 196 Å². The van der Waals surface area contributed by atoms with Crippen LogP contribution in [-0.2, 0) is 0 Å². The van der Waals surface area contributed by atoms with Crippen LogP contribution in [0.15, 0.2) is 42.5 Å². The molecule has 1 aromatic heterocycles. The van der Waals surface area contributed by atoms with Crippen LogP contribution in [0, 0.1) is 0 Å². The van der Waals surface area contributed by atoms with Gasteiger partial charge in [-0.25, -0.2) is 10.2 Å². The van der Waals surface area contributed by atoms with Crippen LogP contribution in [0.2, 0.25) is 0 Å². The summed E-state index contributed by atoms with van der Waals surface area (Å²) in [7, 11) is 0. The summed E-state index contributed by atoms with van der Waals surface area (Å²) in [5.74, 6) is 5.18. The molecule has 15 heteroatoms. The molecule has 0 aliphatic rings. The third-order valence-electron chi connectivity index (χ3n) is 3.48. The maximum absolute atomic E-state index is 10.2. The fourth-order valence-corrected chi connectivity index (χ4v) is 2.49. The number of hydrogen-bond acceptors (Lipinski definition) is 14. The molecule has 0 aliphatic heterocycles. The van der Waals surface area contributed by atoms with Crippen molar-refractivity contribution in [1.29, 1.82) is 0 Å². The Hall–Kier alpha value is -2.64. The van der Waals surface area contributed by atoms with Gasteiger partial charge in [-0.15, -0.1) is 5.53 Å². The summed E-state index contributed by atoms with van der Waals surface area (Å²) in [6, 6.07) is 13.1.